The number of nitro groups is 1. The van der Waals surface area contributed by atoms with Crippen molar-refractivity contribution in [1.82, 2.24) is 5.43 Å². The van der Waals surface area contributed by atoms with Gasteiger partial charge in [-0.05, 0) is 12.1 Å². The Morgan fingerprint density at radius 1 is 1.48 bits per heavy atom. The first kappa shape index (κ1) is 14.4. The molecule has 0 fully saturated rings. The number of benzene rings is 1. The van der Waals surface area contributed by atoms with E-state index in [4.69, 9.17) is 4.74 Å². The number of hydrazone groups is 1. The van der Waals surface area contributed by atoms with Crippen LogP contribution in [0.3, 0.4) is 0 Å². The Hall–Kier alpha value is -2.97. The van der Waals surface area contributed by atoms with Crippen LogP contribution in [-0.2, 0) is 9.59 Å². The molecule has 110 valence electrons. The molecule has 2 N–H and O–H groups in total. The predicted octanol–water partition coefficient (Wildman–Crippen LogP) is 0.808. The lowest BCUT2D eigenvalue weighted by Crippen LogP contribution is -2.32. The summed E-state index contributed by atoms with van der Waals surface area (Å²) in [5.74, 6) is -0.563. The minimum atomic E-state index is -0.622. The third-order valence-corrected chi connectivity index (χ3v) is 2.82. The van der Waals surface area contributed by atoms with Crippen molar-refractivity contribution in [2.24, 2.45) is 5.10 Å². The summed E-state index contributed by atoms with van der Waals surface area (Å²) in [6.45, 7) is 0. The third kappa shape index (κ3) is 3.32. The van der Waals surface area contributed by atoms with E-state index in [-0.39, 0.29) is 35.8 Å². The number of nitrogens with zero attached hydrogens (tertiary/aromatic N) is 2. The van der Waals surface area contributed by atoms with Crippen LogP contribution in [0.15, 0.2) is 23.3 Å². The van der Waals surface area contributed by atoms with Gasteiger partial charge in [-0.1, -0.05) is 0 Å². The number of ether oxygens (including phenoxy) is 1. The first-order chi connectivity index (χ1) is 10.0. The van der Waals surface area contributed by atoms with E-state index in [1.165, 1.54) is 25.3 Å². The van der Waals surface area contributed by atoms with Crippen LogP contribution in [0, 0.1) is 10.1 Å². The van der Waals surface area contributed by atoms with E-state index in [9.17, 15) is 19.7 Å². The molecule has 0 saturated carbocycles. The van der Waals surface area contributed by atoms with Gasteiger partial charge in [0, 0.05) is 12.8 Å². The van der Waals surface area contributed by atoms with Crippen molar-refractivity contribution in [3.8, 4) is 5.75 Å². The number of carbonyl (C=O) groups excluding carboxylic acids is 2. The van der Waals surface area contributed by atoms with Crippen LogP contribution in [0.5, 0.6) is 5.75 Å². The Labute approximate surface area is 119 Å². The second kappa shape index (κ2) is 5.99. The monoisotopic (exact) mass is 292 g/mol. The Kier molecular flexibility index (Phi) is 4.12. The molecule has 1 aliphatic rings. The van der Waals surface area contributed by atoms with Crippen LogP contribution in [-0.4, -0.2) is 29.6 Å². The highest BCUT2D eigenvalue weighted by Gasteiger charge is 2.22. The van der Waals surface area contributed by atoms with E-state index < -0.39 is 10.8 Å². The molecule has 21 heavy (non-hydrogen) atoms. The number of hydrogen-bond donors (Lipinski definition) is 2. The summed E-state index contributed by atoms with van der Waals surface area (Å²) in [5, 5.41) is 17.0. The maximum atomic E-state index is 12.0. The summed E-state index contributed by atoms with van der Waals surface area (Å²) in [4.78, 5) is 33.3. The van der Waals surface area contributed by atoms with Crippen LogP contribution < -0.4 is 15.5 Å². The lowest BCUT2D eigenvalue weighted by molar-refractivity contribution is -0.384. The van der Waals surface area contributed by atoms with E-state index in [1.54, 1.807) is 0 Å². The zero-order chi connectivity index (χ0) is 15.4. The second-order valence-electron chi connectivity index (χ2n) is 4.19. The number of hydrogen-bond acceptors (Lipinski definition) is 6. The molecule has 0 atom stereocenters. The predicted molar refractivity (Wildman–Crippen MR) is 73.1 cm³/mol. The molecule has 1 aliphatic heterocycles. The van der Waals surface area contributed by atoms with E-state index >= 15 is 0 Å². The van der Waals surface area contributed by atoms with Gasteiger partial charge in [-0.2, -0.15) is 5.10 Å². The number of carbonyl (C=O) groups is 2. The molecule has 0 spiro atoms. The Bertz CT molecular complexity index is 641. The number of amides is 2. The highest BCUT2D eigenvalue weighted by molar-refractivity contribution is 6.43. The van der Waals surface area contributed by atoms with E-state index in [1.807, 2.05) is 0 Å². The van der Waals surface area contributed by atoms with Crippen molar-refractivity contribution in [1.29, 1.82) is 0 Å². The minimum Gasteiger partial charge on any atom is -0.496 e. The molecule has 2 rings (SSSR count). The van der Waals surface area contributed by atoms with Crippen molar-refractivity contribution >= 4 is 28.9 Å². The van der Waals surface area contributed by atoms with Crippen LogP contribution in [0.25, 0.3) is 0 Å². The molecule has 9 nitrogen and oxygen atoms in total. The van der Waals surface area contributed by atoms with Crippen molar-refractivity contribution in [3.05, 3.63) is 28.3 Å². The van der Waals surface area contributed by atoms with Gasteiger partial charge in [0.2, 0.25) is 5.91 Å². The fraction of sp³-hybridized carbons (Fsp3) is 0.250. The van der Waals surface area contributed by atoms with Gasteiger partial charge in [0.1, 0.15) is 17.1 Å². The van der Waals surface area contributed by atoms with Crippen LogP contribution in [0.1, 0.15) is 12.8 Å². The number of nitro benzene ring substituents is 1. The Balaban J connectivity index is 2.21. The number of anilines is 1. The average Bonchev–Trinajstić information content (AvgIpc) is 2.48. The van der Waals surface area contributed by atoms with Crippen LogP contribution >= 0.6 is 0 Å². The SMILES string of the molecule is COc1ccc(NC(=O)C2=NNC(=O)CC2)c([N+](=O)[O-])c1. The van der Waals surface area contributed by atoms with Gasteiger partial charge in [-0.15, -0.1) is 0 Å². The fourth-order valence-electron chi connectivity index (χ4n) is 1.73. The molecule has 2 amide bonds. The van der Waals surface area contributed by atoms with Crippen molar-refractivity contribution < 1.29 is 19.2 Å². The summed E-state index contributed by atoms with van der Waals surface area (Å²) in [5.41, 5.74) is 2.04. The first-order valence-electron chi connectivity index (χ1n) is 6.00. The van der Waals surface area contributed by atoms with E-state index in [2.05, 4.69) is 15.8 Å². The minimum absolute atomic E-state index is 0.0328. The molecule has 0 radical (unpaired) electrons. The number of nitrogens with one attached hydrogen (secondary N) is 2. The molecule has 9 heteroatoms. The largest absolute Gasteiger partial charge is 0.496 e. The summed E-state index contributed by atoms with van der Waals surface area (Å²) in [7, 11) is 1.39. The molecule has 1 aromatic carbocycles. The zero-order valence-corrected chi connectivity index (χ0v) is 11.1. The first-order valence-corrected chi connectivity index (χ1v) is 6.00. The van der Waals surface area contributed by atoms with Crippen molar-refractivity contribution in [2.45, 2.75) is 12.8 Å². The van der Waals surface area contributed by atoms with Gasteiger partial charge in [-0.25, -0.2) is 5.43 Å². The van der Waals surface area contributed by atoms with Gasteiger partial charge >= 0.3 is 0 Å². The molecular weight excluding hydrogens is 280 g/mol. The molecule has 0 saturated heterocycles. The Morgan fingerprint density at radius 3 is 2.81 bits per heavy atom. The van der Waals surface area contributed by atoms with E-state index in [0.29, 0.717) is 5.75 Å². The smallest absolute Gasteiger partial charge is 0.296 e. The zero-order valence-electron chi connectivity index (χ0n) is 11.1. The molecule has 0 aromatic heterocycles. The highest BCUT2D eigenvalue weighted by Crippen LogP contribution is 2.29. The fourth-order valence-corrected chi connectivity index (χ4v) is 1.73. The van der Waals surface area contributed by atoms with Crippen molar-refractivity contribution in [2.75, 3.05) is 12.4 Å². The maximum absolute atomic E-state index is 12.0. The van der Waals surface area contributed by atoms with Gasteiger partial charge in [0.15, 0.2) is 0 Å². The maximum Gasteiger partial charge on any atom is 0.296 e. The quantitative estimate of drug-likeness (QED) is 0.627. The van der Waals surface area contributed by atoms with Crippen LogP contribution in [0.2, 0.25) is 0 Å². The lowest BCUT2D eigenvalue weighted by Gasteiger charge is -2.12. The van der Waals surface area contributed by atoms with Crippen molar-refractivity contribution in [3.63, 3.8) is 0 Å². The van der Waals surface area contributed by atoms with Crippen LogP contribution in [0.4, 0.5) is 11.4 Å². The van der Waals surface area contributed by atoms with Gasteiger partial charge < -0.3 is 10.1 Å². The summed E-state index contributed by atoms with van der Waals surface area (Å²) >= 11 is 0. The molecule has 0 bridgehead atoms. The molecule has 0 aliphatic carbocycles. The topological polar surface area (TPSA) is 123 Å². The third-order valence-electron chi connectivity index (χ3n) is 2.82. The normalized spacial score (nSPS) is 14.0. The van der Waals surface area contributed by atoms with Gasteiger partial charge in [0.25, 0.3) is 11.6 Å². The summed E-state index contributed by atoms with van der Waals surface area (Å²) in [6.07, 6.45) is 0.332. The van der Waals surface area contributed by atoms with Gasteiger partial charge in [-0.3, -0.25) is 19.7 Å². The Morgan fingerprint density at radius 2 is 2.24 bits per heavy atom. The standard InChI is InChI=1S/C12H12N4O5/c1-21-7-2-3-8(10(6-7)16(19)20)13-12(18)9-4-5-11(17)15-14-9/h2-3,6H,4-5H2,1H3,(H,13,18)(H,15,17). The lowest BCUT2D eigenvalue weighted by atomic mass is 10.1. The summed E-state index contributed by atoms with van der Waals surface area (Å²) in [6, 6.07) is 4.07. The highest BCUT2D eigenvalue weighted by atomic mass is 16.6. The molecule has 1 aromatic rings. The molecule has 1 heterocycles. The number of rotatable bonds is 4. The summed E-state index contributed by atoms with van der Waals surface area (Å²) < 4.78 is 4.90. The second-order valence-corrected chi connectivity index (χ2v) is 4.19. The molecular formula is C12H12N4O5. The number of methoxy groups -OCH3 is 1. The average molecular weight is 292 g/mol. The van der Waals surface area contributed by atoms with E-state index in [0.717, 1.165) is 0 Å². The van der Waals surface area contributed by atoms with Gasteiger partial charge in [0.05, 0.1) is 18.1 Å². The molecule has 0 unspecified atom stereocenters.